The average Bonchev–Trinajstić information content (AvgIpc) is 2.34. The topological polar surface area (TPSA) is 55.8 Å². The molecule has 1 aromatic carbocycles. The fourth-order valence-electron chi connectivity index (χ4n) is 1.63. The molecule has 0 fully saturated rings. The van der Waals surface area contributed by atoms with E-state index in [2.05, 4.69) is 0 Å². The molecule has 1 rings (SSSR count). The number of ether oxygens (including phenoxy) is 2. The van der Waals surface area contributed by atoms with E-state index in [9.17, 15) is 18.0 Å². The van der Waals surface area contributed by atoms with E-state index < -0.39 is 23.6 Å². The van der Waals surface area contributed by atoms with Crippen molar-refractivity contribution in [2.24, 2.45) is 0 Å². The van der Waals surface area contributed by atoms with Crippen LogP contribution in [0, 0.1) is 0 Å². The van der Waals surface area contributed by atoms with Crippen molar-refractivity contribution in [1.29, 1.82) is 0 Å². The first-order chi connectivity index (χ1) is 8.72. The molecule has 0 aromatic heterocycles. The molecule has 1 N–H and O–H groups in total. The lowest BCUT2D eigenvalue weighted by Gasteiger charge is -2.18. The summed E-state index contributed by atoms with van der Waals surface area (Å²) in [5.41, 5.74) is -1.40. The van der Waals surface area contributed by atoms with E-state index in [1.165, 1.54) is 21.1 Å². The summed E-state index contributed by atoms with van der Waals surface area (Å²) in [6.45, 7) is 1.18. The number of alkyl halides is 3. The molecule has 0 spiro atoms. The number of carboxylic acid groups (broad SMARTS) is 1. The van der Waals surface area contributed by atoms with E-state index in [0.717, 1.165) is 12.1 Å². The van der Waals surface area contributed by atoms with Crippen LogP contribution in [-0.4, -0.2) is 25.3 Å². The van der Waals surface area contributed by atoms with Crippen molar-refractivity contribution in [3.8, 4) is 11.5 Å². The van der Waals surface area contributed by atoms with Crippen LogP contribution in [0.1, 0.15) is 24.0 Å². The van der Waals surface area contributed by atoms with Gasteiger partial charge in [-0.3, -0.25) is 4.79 Å². The van der Waals surface area contributed by atoms with Gasteiger partial charge in [0.2, 0.25) is 0 Å². The Labute approximate surface area is 107 Å². The molecular weight excluding hydrogens is 265 g/mol. The van der Waals surface area contributed by atoms with Crippen molar-refractivity contribution in [3.63, 3.8) is 0 Å². The molecule has 0 bridgehead atoms. The van der Waals surface area contributed by atoms with Gasteiger partial charge in [0, 0.05) is 0 Å². The standard InChI is InChI=1S/C12H13F3O4/c1-6(11(16)17)7-4-9(18-2)10(19-3)5-8(7)12(13,14)15/h4-6H,1-3H3,(H,16,17). The van der Waals surface area contributed by atoms with E-state index in [1.807, 2.05) is 0 Å². The zero-order valence-corrected chi connectivity index (χ0v) is 10.5. The average molecular weight is 278 g/mol. The third-order valence-electron chi connectivity index (χ3n) is 2.70. The Balaban J connectivity index is 3.53. The number of benzene rings is 1. The summed E-state index contributed by atoms with van der Waals surface area (Å²) in [5.74, 6) is -2.70. The number of halogens is 3. The van der Waals surface area contributed by atoms with Crippen LogP contribution in [0.25, 0.3) is 0 Å². The Morgan fingerprint density at radius 2 is 1.68 bits per heavy atom. The van der Waals surface area contributed by atoms with E-state index in [1.54, 1.807) is 0 Å². The minimum absolute atomic E-state index is 0.0543. The largest absolute Gasteiger partial charge is 0.493 e. The molecule has 0 aliphatic heterocycles. The summed E-state index contributed by atoms with van der Waals surface area (Å²) in [6.07, 6.45) is -4.67. The van der Waals surface area contributed by atoms with Gasteiger partial charge in [-0.15, -0.1) is 0 Å². The van der Waals surface area contributed by atoms with Crippen LogP contribution in [0.2, 0.25) is 0 Å². The predicted molar refractivity (Wildman–Crippen MR) is 60.6 cm³/mol. The predicted octanol–water partition coefficient (Wildman–Crippen LogP) is 2.91. The first-order valence-corrected chi connectivity index (χ1v) is 5.28. The second kappa shape index (κ2) is 5.38. The normalized spacial score (nSPS) is 12.9. The van der Waals surface area contributed by atoms with Crippen molar-refractivity contribution < 1.29 is 32.5 Å². The smallest absolute Gasteiger partial charge is 0.416 e. The number of hydrogen-bond acceptors (Lipinski definition) is 3. The zero-order valence-electron chi connectivity index (χ0n) is 10.5. The second-order valence-electron chi connectivity index (χ2n) is 3.85. The summed E-state index contributed by atoms with van der Waals surface area (Å²) < 4.78 is 48.5. The highest BCUT2D eigenvalue weighted by Crippen LogP contribution is 2.41. The number of carbonyl (C=O) groups is 1. The summed E-state index contributed by atoms with van der Waals surface area (Å²) in [7, 11) is 2.47. The van der Waals surface area contributed by atoms with Gasteiger partial charge in [0.05, 0.1) is 25.7 Å². The lowest BCUT2D eigenvalue weighted by atomic mass is 9.94. The molecule has 0 aliphatic rings. The molecule has 0 saturated carbocycles. The molecule has 1 unspecified atom stereocenters. The molecule has 0 heterocycles. The maximum absolute atomic E-state index is 12.9. The summed E-state index contributed by atoms with van der Waals surface area (Å²) in [4.78, 5) is 10.9. The summed E-state index contributed by atoms with van der Waals surface area (Å²) in [5, 5.41) is 8.88. The maximum atomic E-state index is 12.9. The molecule has 4 nitrogen and oxygen atoms in total. The monoisotopic (exact) mass is 278 g/mol. The SMILES string of the molecule is COc1cc(C(C)C(=O)O)c(C(F)(F)F)cc1OC. The van der Waals surface area contributed by atoms with Crippen molar-refractivity contribution in [1.82, 2.24) is 0 Å². The van der Waals surface area contributed by atoms with Crippen LogP contribution in [0.15, 0.2) is 12.1 Å². The number of aliphatic carboxylic acids is 1. The molecular formula is C12H13F3O4. The Hall–Kier alpha value is -1.92. The van der Waals surface area contributed by atoms with Crippen LogP contribution < -0.4 is 9.47 Å². The van der Waals surface area contributed by atoms with Gasteiger partial charge in [0.25, 0.3) is 0 Å². The van der Waals surface area contributed by atoms with Gasteiger partial charge in [-0.2, -0.15) is 13.2 Å². The lowest BCUT2D eigenvalue weighted by molar-refractivity contribution is -0.141. The van der Waals surface area contributed by atoms with Crippen molar-refractivity contribution in [3.05, 3.63) is 23.3 Å². The van der Waals surface area contributed by atoms with Gasteiger partial charge >= 0.3 is 12.1 Å². The minimum atomic E-state index is -4.67. The van der Waals surface area contributed by atoms with Crippen LogP contribution in [0.4, 0.5) is 13.2 Å². The molecule has 19 heavy (non-hydrogen) atoms. The van der Waals surface area contributed by atoms with Gasteiger partial charge in [0.15, 0.2) is 11.5 Å². The third kappa shape index (κ3) is 3.10. The third-order valence-corrected chi connectivity index (χ3v) is 2.70. The maximum Gasteiger partial charge on any atom is 0.416 e. The number of carboxylic acids is 1. The summed E-state index contributed by atoms with van der Waals surface area (Å²) in [6, 6.07) is 1.79. The summed E-state index contributed by atoms with van der Waals surface area (Å²) >= 11 is 0. The molecule has 106 valence electrons. The van der Waals surface area contributed by atoms with Gasteiger partial charge < -0.3 is 14.6 Å². The number of rotatable bonds is 4. The highest BCUT2D eigenvalue weighted by atomic mass is 19.4. The van der Waals surface area contributed by atoms with Crippen molar-refractivity contribution in [2.45, 2.75) is 19.0 Å². The molecule has 0 amide bonds. The van der Waals surface area contributed by atoms with Crippen LogP contribution in [-0.2, 0) is 11.0 Å². The van der Waals surface area contributed by atoms with E-state index in [-0.39, 0.29) is 17.1 Å². The van der Waals surface area contributed by atoms with E-state index >= 15 is 0 Å². The Kier molecular flexibility index (Phi) is 4.28. The van der Waals surface area contributed by atoms with Crippen LogP contribution in [0.3, 0.4) is 0 Å². The highest BCUT2D eigenvalue weighted by Gasteiger charge is 2.37. The highest BCUT2D eigenvalue weighted by molar-refractivity contribution is 5.76. The lowest BCUT2D eigenvalue weighted by Crippen LogP contribution is -2.16. The molecule has 7 heteroatoms. The van der Waals surface area contributed by atoms with Gasteiger partial charge in [0.1, 0.15) is 0 Å². The van der Waals surface area contributed by atoms with Gasteiger partial charge in [-0.1, -0.05) is 0 Å². The molecule has 0 saturated heterocycles. The fraction of sp³-hybridized carbons (Fsp3) is 0.417. The van der Waals surface area contributed by atoms with Crippen LogP contribution in [0.5, 0.6) is 11.5 Å². The van der Waals surface area contributed by atoms with Crippen molar-refractivity contribution in [2.75, 3.05) is 14.2 Å². The Morgan fingerprint density at radius 1 is 1.21 bits per heavy atom. The molecule has 1 aromatic rings. The fourth-order valence-corrected chi connectivity index (χ4v) is 1.63. The van der Waals surface area contributed by atoms with Gasteiger partial charge in [-0.25, -0.2) is 0 Å². The molecule has 0 aliphatic carbocycles. The first kappa shape index (κ1) is 15.1. The zero-order chi connectivity index (χ0) is 14.8. The van der Waals surface area contributed by atoms with Gasteiger partial charge in [-0.05, 0) is 24.6 Å². The molecule has 0 radical (unpaired) electrons. The van der Waals surface area contributed by atoms with E-state index in [4.69, 9.17) is 14.6 Å². The first-order valence-electron chi connectivity index (χ1n) is 5.28. The van der Waals surface area contributed by atoms with Crippen molar-refractivity contribution >= 4 is 5.97 Å². The Bertz CT molecular complexity index is 483. The van der Waals surface area contributed by atoms with E-state index in [0.29, 0.717) is 0 Å². The number of methoxy groups -OCH3 is 2. The number of hydrogen-bond donors (Lipinski definition) is 1. The molecule has 1 atom stereocenters. The Morgan fingerprint density at radius 3 is 2.05 bits per heavy atom. The minimum Gasteiger partial charge on any atom is -0.493 e. The quantitative estimate of drug-likeness (QED) is 0.920. The van der Waals surface area contributed by atoms with Crippen LogP contribution >= 0.6 is 0 Å². The second-order valence-corrected chi connectivity index (χ2v) is 3.85.